The van der Waals surface area contributed by atoms with Crippen molar-refractivity contribution in [3.8, 4) is 11.9 Å². The molecular formula is C9H9BrN2O. The number of aromatic nitrogens is 1. The van der Waals surface area contributed by atoms with E-state index in [9.17, 15) is 0 Å². The number of halogens is 1. The highest BCUT2D eigenvalue weighted by Gasteiger charge is 2.08. The van der Waals surface area contributed by atoms with Gasteiger partial charge in [-0.25, -0.2) is 4.98 Å². The van der Waals surface area contributed by atoms with Crippen LogP contribution >= 0.6 is 15.9 Å². The second kappa shape index (κ2) is 4.24. The Kier molecular flexibility index (Phi) is 3.26. The minimum Gasteiger partial charge on any atom is -0.474 e. The molecule has 0 aliphatic heterocycles. The zero-order chi connectivity index (χ0) is 9.84. The van der Waals surface area contributed by atoms with E-state index in [1.54, 1.807) is 12.3 Å². The predicted molar refractivity (Wildman–Crippen MR) is 52.4 cm³/mol. The summed E-state index contributed by atoms with van der Waals surface area (Å²) in [7, 11) is 0. The van der Waals surface area contributed by atoms with Crippen LogP contribution in [-0.4, -0.2) is 11.1 Å². The average molecular weight is 241 g/mol. The molecule has 1 aromatic rings. The van der Waals surface area contributed by atoms with E-state index in [0.29, 0.717) is 15.9 Å². The van der Waals surface area contributed by atoms with Gasteiger partial charge in [0.15, 0.2) is 0 Å². The van der Waals surface area contributed by atoms with E-state index in [4.69, 9.17) is 10.00 Å². The number of hydrogen-bond donors (Lipinski definition) is 0. The van der Waals surface area contributed by atoms with Crippen LogP contribution in [0.2, 0.25) is 0 Å². The van der Waals surface area contributed by atoms with E-state index >= 15 is 0 Å². The third-order valence-corrected chi connectivity index (χ3v) is 2.09. The normalized spacial score (nSPS) is 9.77. The zero-order valence-electron chi connectivity index (χ0n) is 7.41. The lowest BCUT2D eigenvalue weighted by atomic mass is 10.3. The molecule has 0 amide bonds. The topological polar surface area (TPSA) is 45.9 Å². The summed E-state index contributed by atoms with van der Waals surface area (Å²) >= 11 is 3.26. The molecule has 0 aliphatic carbocycles. The van der Waals surface area contributed by atoms with Crippen molar-refractivity contribution in [3.05, 3.63) is 22.3 Å². The van der Waals surface area contributed by atoms with Crippen molar-refractivity contribution < 1.29 is 4.74 Å². The summed E-state index contributed by atoms with van der Waals surface area (Å²) < 4.78 is 6.00. The summed E-state index contributed by atoms with van der Waals surface area (Å²) in [5.74, 6) is 0.467. The lowest BCUT2D eigenvalue weighted by Crippen LogP contribution is -2.07. The summed E-state index contributed by atoms with van der Waals surface area (Å²) in [4.78, 5) is 4.01. The van der Waals surface area contributed by atoms with Crippen LogP contribution in [0.25, 0.3) is 0 Å². The van der Waals surface area contributed by atoms with Crippen molar-refractivity contribution in [1.29, 1.82) is 5.26 Å². The number of hydrogen-bond acceptors (Lipinski definition) is 3. The Labute approximate surface area is 85.5 Å². The van der Waals surface area contributed by atoms with E-state index in [0.717, 1.165) is 0 Å². The Hall–Kier alpha value is -1.08. The maximum atomic E-state index is 8.71. The number of rotatable bonds is 2. The molecule has 0 N–H and O–H groups in total. The number of pyridine rings is 1. The molecule has 1 heterocycles. The summed E-state index contributed by atoms with van der Waals surface area (Å²) in [6, 6.07) is 3.68. The smallest absolute Gasteiger partial charge is 0.229 e. The molecule has 0 saturated carbocycles. The van der Waals surface area contributed by atoms with Crippen LogP contribution in [0.5, 0.6) is 5.88 Å². The Balaban J connectivity index is 3.03. The minimum absolute atomic E-state index is 0.0535. The van der Waals surface area contributed by atoms with Crippen molar-refractivity contribution in [2.75, 3.05) is 0 Å². The number of ether oxygens (including phenoxy) is 1. The fraction of sp³-hybridized carbons (Fsp3) is 0.333. The first-order valence-electron chi connectivity index (χ1n) is 3.86. The van der Waals surface area contributed by atoms with Gasteiger partial charge in [-0.2, -0.15) is 5.26 Å². The fourth-order valence-corrected chi connectivity index (χ4v) is 1.23. The summed E-state index contributed by atoms with van der Waals surface area (Å²) in [5.41, 5.74) is 0.533. The molecule has 13 heavy (non-hydrogen) atoms. The van der Waals surface area contributed by atoms with Gasteiger partial charge in [0.25, 0.3) is 0 Å². The van der Waals surface area contributed by atoms with Crippen LogP contribution in [-0.2, 0) is 0 Å². The highest BCUT2D eigenvalue weighted by atomic mass is 79.9. The standard InChI is InChI=1S/C9H9BrN2O/c1-6(2)13-9-8(10)7(5-11)3-4-12-9/h3-4,6H,1-2H3. The molecule has 0 spiro atoms. The molecule has 0 aromatic carbocycles. The van der Waals surface area contributed by atoms with Gasteiger partial charge in [0, 0.05) is 6.20 Å². The molecule has 0 radical (unpaired) electrons. The molecule has 0 bridgehead atoms. The summed E-state index contributed by atoms with van der Waals surface area (Å²) in [6.45, 7) is 3.82. The van der Waals surface area contributed by atoms with Crippen LogP contribution in [0.15, 0.2) is 16.7 Å². The van der Waals surface area contributed by atoms with Crippen molar-refractivity contribution >= 4 is 15.9 Å². The van der Waals surface area contributed by atoms with Crippen LogP contribution in [0.3, 0.4) is 0 Å². The Morgan fingerprint density at radius 2 is 2.31 bits per heavy atom. The van der Waals surface area contributed by atoms with Gasteiger partial charge in [-0.05, 0) is 35.8 Å². The van der Waals surface area contributed by atoms with Gasteiger partial charge in [0.1, 0.15) is 6.07 Å². The van der Waals surface area contributed by atoms with Crippen LogP contribution in [0.4, 0.5) is 0 Å². The molecule has 0 fully saturated rings. The Bertz CT molecular complexity index is 344. The molecule has 0 aliphatic rings. The molecule has 1 rings (SSSR count). The average Bonchev–Trinajstić information content (AvgIpc) is 2.08. The van der Waals surface area contributed by atoms with E-state index in [1.807, 2.05) is 19.9 Å². The summed E-state index contributed by atoms with van der Waals surface area (Å²) in [5, 5.41) is 8.71. The molecule has 3 nitrogen and oxygen atoms in total. The largest absolute Gasteiger partial charge is 0.474 e. The minimum atomic E-state index is 0.0535. The van der Waals surface area contributed by atoms with Gasteiger partial charge in [0.05, 0.1) is 16.1 Å². The Morgan fingerprint density at radius 3 is 2.85 bits per heavy atom. The Morgan fingerprint density at radius 1 is 1.62 bits per heavy atom. The molecule has 0 atom stereocenters. The zero-order valence-corrected chi connectivity index (χ0v) is 9.00. The van der Waals surface area contributed by atoms with Crippen LogP contribution in [0.1, 0.15) is 19.4 Å². The molecule has 0 unspecified atom stereocenters. The maximum absolute atomic E-state index is 8.71. The van der Waals surface area contributed by atoms with E-state index in [1.165, 1.54) is 0 Å². The molecule has 68 valence electrons. The summed E-state index contributed by atoms with van der Waals surface area (Å²) in [6.07, 6.45) is 1.61. The van der Waals surface area contributed by atoms with Crippen molar-refractivity contribution in [1.82, 2.24) is 4.98 Å². The quantitative estimate of drug-likeness (QED) is 0.799. The van der Waals surface area contributed by atoms with Gasteiger partial charge in [-0.3, -0.25) is 0 Å². The molecule has 1 aromatic heterocycles. The van der Waals surface area contributed by atoms with Crippen molar-refractivity contribution in [3.63, 3.8) is 0 Å². The van der Waals surface area contributed by atoms with E-state index in [-0.39, 0.29) is 6.10 Å². The number of nitrogens with zero attached hydrogens (tertiary/aromatic N) is 2. The fourth-order valence-electron chi connectivity index (χ4n) is 0.816. The molecule has 0 saturated heterocycles. The van der Waals surface area contributed by atoms with Crippen LogP contribution < -0.4 is 4.74 Å². The number of nitriles is 1. The third kappa shape index (κ3) is 2.43. The molecule has 4 heteroatoms. The van der Waals surface area contributed by atoms with Gasteiger partial charge >= 0.3 is 0 Å². The monoisotopic (exact) mass is 240 g/mol. The SMILES string of the molecule is CC(C)Oc1nccc(C#N)c1Br. The second-order valence-corrected chi connectivity index (χ2v) is 3.55. The third-order valence-electron chi connectivity index (χ3n) is 1.33. The van der Waals surface area contributed by atoms with Gasteiger partial charge in [-0.1, -0.05) is 0 Å². The second-order valence-electron chi connectivity index (χ2n) is 2.76. The highest BCUT2D eigenvalue weighted by molar-refractivity contribution is 9.10. The van der Waals surface area contributed by atoms with Gasteiger partial charge in [-0.15, -0.1) is 0 Å². The first-order valence-corrected chi connectivity index (χ1v) is 4.65. The van der Waals surface area contributed by atoms with Gasteiger partial charge in [0.2, 0.25) is 5.88 Å². The maximum Gasteiger partial charge on any atom is 0.229 e. The predicted octanol–water partition coefficient (Wildman–Crippen LogP) is 2.50. The van der Waals surface area contributed by atoms with Gasteiger partial charge < -0.3 is 4.74 Å². The highest BCUT2D eigenvalue weighted by Crippen LogP contribution is 2.26. The first kappa shape index (κ1) is 10.0. The van der Waals surface area contributed by atoms with E-state index in [2.05, 4.69) is 20.9 Å². The van der Waals surface area contributed by atoms with Crippen LogP contribution in [0, 0.1) is 11.3 Å². The van der Waals surface area contributed by atoms with Crippen molar-refractivity contribution in [2.24, 2.45) is 0 Å². The molecular weight excluding hydrogens is 232 g/mol. The lowest BCUT2D eigenvalue weighted by molar-refractivity contribution is 0.231. The lowest BCUT2D eigenvalue weighted by Gasteiger charge is -2.09. The first-order chi connectivity index (χ1) is 6.15. The van der Waals surface area contributed by atoms with E-state index < -0.39 is 0 Å². The van der Waals surface area contributed by atoms with Crippen molar-refractivity contribution in [2.45, 2.75) is 20.0 Å².